The molecule has 0 bridgehead atoms. The second-order valence-corrected chi connectivity index (χ2v) is 6.47. The van der Waals surface area contributed by atoms with Crippen molar-refractivity contribution in [2.75, 3.05) is 6.61 Å². The van der Waals surface area contributed by atoms with Gasteiger partial charge in [-0.1, -0.05) is 29.8 Å². The van der Waals surface area contributed by atoms with Gasteiger partial charge < -0.3 is 6.16 Å². The summed E-state index contributed by atoms with van der Waals surface area (Å²) < 4.78 is 5.42. The van der Waals surface area contributed by atoms with Crippen LogP contribution >= 0.6 is 8.58 Å². The van der Waals surface area contributed by atoms with Crippen molar-refractivity contribution in [3.05, 3.63) is 58.7 Å². The van der Waals surface area contributed by atoms with E-state index in [4.69, 9.17) is 4.74 Å². The molecule has 0 spiro atoms. The van der Waals surface area contributed by atoms with Crippen molar-refractivity contribution in [3.63, 3.8) is 0 Å². The molecule has 0 saturated carbocycles. The first-order valence-corrected chi connectivity index (χ1v) is 8.13. The Kier molecular flexibility index (Phi) is 7.37. The summed E-state index contributed by atoms with van der Waals surface area (Å²) in [7, 11) is 0.149. The topological polar surface area (TPSA) is 26.3 Å². The predicted octanol–water partition coefficient (Wildman–Crippen LogP) is 1.27. The van der Waals surface area contributed by atoms with Crippen LogP contribution < -0.4 is 28.9 Å². The third kappa shape index (κ3) is 4.72. The van der Waals surface area contributed by atoms with Gasteiger partial charge in [0.15, 0.2) is 5.52 Å². The summed E-state index contributed by atoms with van der Waals surface area (Å²) in [6.45, 7) is 8.69. The van der Waals surface area contributed by atoms with Crippen LogP contribution in [0, 0.1) is 20.8 Å². The summed E-state index contributed by atoms with van der Waals surface area (Å²) in [5, 5.41) is 1.04. The summed E-state index contributed by atoms with van der Waals surface area (Å²) in [6, 6.07) is 11.9. The molecular formula is C18H22LiO2P. The quantitative estimate of drug-likeness (QED) is 0.614. The molecule has 2 rings (SSSR count). The maximum absolute atomic E-state index is 12.6. The fourth-order valence-electron chi connectivity index (χ4n) is 2.53. The van der Waals surface area contributed by atoms with Crippen LogP contribution in [0.3, 0.4) is 0 Å². The molecule has 2 nitrogen and oxygen atoms in total. The van der Waals surface area contributed by atoms with E-state index in [0.29, 0.717) is 6.61 Å². The molecule has 0 aliphatic carbocycles. The molecule has 0 saturated heterocycles. The molecule has 2 aromatic carbocycles. The number of carbonyl (C=O) groups is 1. The molecule has 4 heteroatoms. The molecule has 0 aliphatic heterocycles. The zero-order valence-corrected chi connectivity index (χ0v) is 15.0. The smallest absolute Gasteiger partial charge is 1.00 e. The normalized spacial score (nSPS) is 10.5. The molecule has 0 heterocycles. The van der Waals surface area contributed by atoms with Crippen molar-refractivity contribution in [1.29, 1.82) is 0 Å². The Morgan fingerprint density at radius 1 is 1.09 bits per heavy atom. The fraction of sp³-hybridized carbons (Fsp3) is 0.278. The van der Waals surface area contributed by atoms with Gasteiger partial charge in [-0.05, 0) is 64.8 Å². The van der Waals surface area contributed by atoms with E-state index < -0.39 is 0 Å². The third-order valence-corrected chi connectivity index (χ3v) is 4.43. The Bertz CT molecular complexity index is 634. The summed E-state index contributed by atoms with van der Waals surface area (Å²) in [4.78, 5) is 12.6. The van der Waals surface area contributed by atoms with Crippen LogP contribution in [0.15, 0.2) is 36.4 Å². The molecule has 112 valence electrons. The molecule has 0 aromatic heterocycles. The van der Waals surface area contributed by atoms with E-state index in [0.717, 1.165) is 27.7 Å². The minimum Gasteiger partial charge on any atom is -1.00 e. The van der Waals surface area contributed by atoms with Gasteiger partial charge in [0, 0.05) is 5.56 Å². The van der Waals surface area contributed by atoms with Crippen LogP contribution in [-0.4, -0.2) is 12.1 Å². The number of rotatable bonds is 5. The van der Waals surface area contributed by atoms with Crippen LogP contribution in [0.4, 0.5) is 0 Å². The first-order valence-electron chi connectivity index (χ1n) is 7.13. The van der Waals surface area contributed by atoms with Crippen LogP contribution in [0.1, 0.15) is 35.4 Å². The maximum Gasteiger partial charge on any atom is 1.00 e. The van der Waals surface area contributed by atoms with Crippen LogP contribution in [0.25, 0.3) is 0 Å². The molecule has 1 atom stereocenters. The average Bonchev–Trinajstić information content (AvgIpc) is 2.40. The average molecular weight is 308 g/mol. The van der Waals surface area contributed by atoms with Crippen molar-refractivity contribution < 1.29 is 29.8 Å². The van der Waals surface area contributed by atoms with Gasteiger partial charge in [-0.3, -0.25) is 4.79 Å². The fourth-order valence-corrected chi connectivity index (χ4v) is 3.65. The van der Waals surface area contributed by atoms with Crippen molar-refractivity contribution >= 4 is 19.4 Å². The predicted molar refractivity (Wildman–Crippen MR) is 91.7 cm³/mol. The SMILES string of the molecule is CCOc1ccc(PC(=O)c2c(C)cc(C)cc2C)cc1.[H-].[Li+]. The van der Waals surface area contributed by atoms with Gasteiger partial charge >= 0.3 is 18.9 Å². The van der Waals surface area contributed by atoms with Gasteiger partial charge in [0.1, 0.15) is 5.75 Å². The molecule has 0 N–H and O–H groups in total. The van der Waals surface area contributed by atoms with E-state index in [1.54, 1.807) is 0 Å². The molecular weight excluding hydrogens is 286 g/mol. The Hall–Kier alpha value is -1.06. The van der Waals surface area contributed by atoms with Gasteiger partial charge in [0.05, 0.1) is 6.61 Å². The van der Waals surface area contributed by atoms with Gasteiger partial charge in [-0.2, -0.15) is 0 Å². The van der Waals surface area contributed by atoms with Crippen LogP contribution in [0.5, 0.6) is 5.75 Å². The number of benzene rings is 2. The summed E-state index contributed by atoms with van der Waals surface area (Å²) >= 11 is 0. The van der Waals surface area contributed by atoms with Gasteiger partial charge in [-0.25, -0.2) is 0 Å². The maximum atomic E-state index is 12.6. The minimum atomic E-state index is 0. The van der Waals surface area contributed by atoms with Crippen molar-refractivity contribution in [2.45, 2.75) is 27.7 Å². The largest absolute Gasteiger partial charge is 1.00 e. The van der Waals surface area contributed by atoms with E-state index in [9.17, 15) is 4.79 Å². The van der Waals surface area contributed by atoms with Gasteiger partial charge in [-0.15, -0.1) is 0 Å². The Balaban J connectivity index is 0.00000242. The van der Waals surface area contributed by atoms with E-state index in [-0.39, 0.29) is 34.4 Å². The molecule has 2 aromatic rings. The Morgan fingerprint density at radius 3 is 2.14 bits per heavy atom. The van der Waals surface area contributed by atoms with E-state index in [1.807, 2.05) is 45.0 Å². The number of aryl methyl sites for hydroxylation is 3. The van der Waals surface area contributed by atoms with Gasteiger partial charge in [0.2, 0.25) is 0 Å². The van der Waals surface area contributed by atoms with Gasteiger partial charge in [0.25, 0.3) is 0 Å². The molecule has 1 unspecified atom stereocenters. The molecule has 0 fully saturated rings. The zero-order valence-electron chi connectivity index (χ0n) is 15.0. The van der Waals surface area contributed by atoms with Crippen LogP contribution in [0.2, 0.25) is 0 Å². The minimum absolute atomic E-state index is 0. The molecule has 0 radical (unpaired) electrons. The molecule has 22 heavy (non-hydrogen) atoms. The van der Waals surface area contributed by atoms with Crippen molar-refractivity contribution in [2.24, 2.45) is 0 Å². The summed E-state index contributed by atoms with van der Waals surface area (Å²) in [6.07, 6.45) is 0. The van der Waals surface area contributed by atoms with E-state index >= 15 is 0 Å². The number of hydrogen-bond acceptors (Lipinski definition) is 2. The number of carbonyl (C=O) groups excluding carboxylic acids is 1. The summed E-state index contributed by atoms with van der Waals surface area (Å²) in [5.74, 6) is 0.848. The van der Waals surface area contributed by atoms with E-state index in [1.165, 1.54) is 5.56 Å². The first kappa shape index (κ1) is 19.0. The monoisotopic (exact) mass is 308 g/mol. The first-order chi connectivity index (χ1) is 10.0. The standard InChI is InChI=1S/C18H21O2P.Li.H/c1-5-20-15-6-8-16(9-7-15)21-18(19)17-13(3)10-12(2)11-14(17)4;;/h6-11,21H,5H2,1-4H3;;/q;+1;-1. The third-order valence-electron chi connectivity index (χ3n) is 3.33. The molecule has 0 amide bonds. The van der Waals surface area contributed by atoms with Crippen molar-refractivity contribution in [1.82, 2.24) is 0 Å². The summed E-state index contributed by atoms with van der Waals surface area (Å²) in [5.41, 5.74) is 4.40. The van der Waals surface area contributed by atoms with Crippen molar-refractivity contribution in [3.8, 4) is 5.75 Å². The second kappa shape index (κ2) is 8.54. The molecule has 0 aliphatic rings. The zero-order chi connectivity index (χ0) is 15.4. The Morgan fingerprint density at radius 2 is 1.64 bits per heavy atom. The number of ether oxygens (including phenoxy) is 1. The Labute approximate surface area is 148 Å². The number of hydrogen-bond donors (Lipinski definition) is 0. The van der Waals surface area contributed by atoms with Crippen LogP contribution in [-0.2, 0) is 0 Å². The van der Waals surface area contributed by atoms with E-state index in [2.05, 4.69) is 19.1 Å². The second-order valence-electron chi connectivity index (χ2n) is 5.19.